The fourth-order valence-corrected chi connectivity index (χ4v) is 1.30. The lowest BCUT2D eigenvalue weighted by molar-refractivity contribution is 0.465. The molecule has 3 nitrogen and oxygen atoms in total. The summed E-state index contributed by atoms with van der Waals surface area (Å²) >= 11 is 0. The lowest BCUT2D eigenvalue weighted by atomic mass is 10.0. The predicted molar refractivity (Wildman–Crippen MR) is 57.1 cm³/mol. The van der Waals surface area contributed by atoms with Crippen molar-refractivity contribution in [2.75, 3.05) is 5.73 Å². The van der Waals surface area contributed by atoms with Gasteiger partial charge in [0.05, 0.1) is 5.69 Å². The SMILES string of the molecule is Cc1ccc(N)c(O)c1[C@H](C)N.Cl. The van der Waals surface area contributed by atoms with E-state index in [1.54, 1.807) is 6.07 Å². The summed E-state index contributed by atoms with van der Waals surface area (Å²) in [5, 5.41) is 9.54. The van der Waals surface area contributed by atoms with E-state index < -0.39 is 0 Å². The number of nitrogen functional groups attached to an aromatic ring is 1. The maximum atomic E-state index is 9.54. The lowest BCUT2D eigenvalue weighted by Gasteiger charge is -2.13. The first kappa shape index (κ1) is 12.1. The first-order chi connectivity index (χ1) is 5.54. The Morgan fingerprint density at radius 3 is 2.31 bits per heavy atom. The molecule has 0 bridgehead atoms. The van der Waals surface area contributed by atoms with E-state index in [1.165, 1.54) is 0 Å². The maximum Gasteiger partial charge on any atom is 0.143 e. The average molecular weight is 203 g/mol. The molecule has 0 spiro atoms. The smallest absolute Gasteiger partial charge is 0.143 e. The molecule has 1 aromatic rings. The molecule has 0 aromatic heterocycles. The molecule has 0 aliphatic carbocycles. The molecule has 0 radical (unpaired) electrons. The third-order valence-electron chi connectivity index (χ3n) is 1.92. The van der Waals surface area contributed by atoms with Crippen LogP contribution in [0.1, 0.15) is 24.1 Å². The summed E-state index contributed by atoms with van der Waals surface area (Å²) in [6.45, 7) is 3.72. The van der Waals surface area contributed by atoms with Crippen LogP contribution in [0.2, 0.25) is 0 Å². The second-order valence-electron chi connectivity index (χ2n) is 3.02. The molecule has 0 fully saturated rings. The molecule has 0 aliphatic heterocycles. The summed E-state index contributed by atoms with van der Waals surface area (Å²) in [7, 11) is 0. The Balaban J connectivity index is 0.00000144. The zero-order valence-electron chi connectivity index (χ0n) is 7.74. The Bertz CT molecular complexity index is 300. The van der Waals surface area contributed by atoms with Crippen molar-refractivity contribution < 1.29 is 5.11 Å². The van der Waals surface area contributed by atoms with Gasteiger partial charge in [0, 0.05) is 11.6 Å². The largest absolute Gasteiger partial charge is 0.505 e. The van der Waals surface area contributed by atoms with Gasteiger partial charge in [-0.05, 0) is 25.5 Å². The quantitative estimate of drug-likeness (QED) is 0.480. The number of hydrogen-bond acceptors (Lipinski definition) is 3. The Kier molecular flexibility index (Phi) is 4.04. The van der Waals surface area contributed by atoms with Gasteiger partial charge in [-0.15, -0.1) is 12.4 Å². The van der Waals surface area contributed by atoms with Crippen molar-refractivity contribution in [2.24, 2.45) is 5.73 Å². The van der Waals surface area contributed by atoms with Crippen molar-refractivity contribution in [3.8, 4) is 5.75 Å². The predicted octanol–water partition coefficient (Wildman–Crippen LogP) is 1.72. The summed E-state index contributed by atoms with van der Waals surface area (Å²) in [5.74, 6) is 0.116. The van der Waals surface area contributed by atoms with Crippen molar-refractivity contribution in [1.82, 2.24) is 0 Å². The van der Waals surface area contributed by atoms with Gasteiger partial charge >= 0.3 is 0 Å². The van der Waals surface area contributed by atoms with Crippen LogP contribution in [0.15, 0.2) is 12.1 Å². The summed E-state index contributed by atoms with van der Waals surface area (Å²) in [6, 6.07) is 3.35. The van der Waals surface area contributed by atoms with E-state index in [0.717, 1.165) is 11.1 Å². The van der Waals surface area contributed by atoms with Crippen LogP contribution in [-0.2, 0) is 0 Å². The minimum atomic E-state index is -0.187. The molecule has 1 rings (SSSR count). The summed E-state index contributed by atoms with van der Waals surface area (Å²) in [4.78, 5) is 0. The van der Waals surface area contributed by atoms with Crippen LogP contribution >= 0.6 is 12.4 Å². The first-order valence-corrected chi connectivity index (χ1v) is 3.87. The molecule has 0 saturated carbocycles. The van der Waals surface area contributed by atoms with E-state index in [4.69, 9.17) is 11.5 Å². The molecule has 1 aromatic carbocycles. The van der Waals surface area contributed by atoms with Gasteiger partial charge in [-0.2, -0.15) is 0 Å². The van der Waals surface area contributed by atoms with Crippen LogP contribution in [0.3, 0.4) is 0 Å². The molecule has 0 aliphatic rings. The van der Waals surface area contributed by atoms with Crippen molar-refractivity contribution >= 4 is 18.1 Å². The number of aryl methyl sites for hydroxylation is 1. The summed E-state index contributed by atoms with van der Waals surface area (Å²) in [6.07, 6.45) is 0. The van der Waals surface area contributed by atoms with E-state index in [-0.39, 0.29) is 24.2 Å². The van der Waals surface area contributed by atoms with E-state index in [9.17, 15) is 5.11 Å². The molecule has 1 atom stereocenters. The van der Waals surface area contributed by atoms with E-state index in [1.807, 2.05) is 19.9 Å². The summed E-state index contributed by atoms with van der Waals surface area (Å²) in [5.41, 5.74) is 13.3. The number of phenols is 1. The second kappa shape index (κ2) is 4.35. The Morgan fingerprint density at radius 2 is 1.92 bits per heavy atom. The van der Waals surface area contributed by atoms with Gasteiger partial charge in [0.1, 0.15) is 5.75 Å². The standard InChI is InChI=1S/C9H14N2O.ClH/c1-5-3-4-7(11)9(12)8(5)6(2)10;/h3-4,6,12H,10-11H2,1-2H3;1H/t6-;/m0./s1. The molecule has 0 heterocycles. The Morgan fingerprint density at radius 1 is 1.38 bits per heavy atom. The van der Waals surface area contributed by atoms with Gasteiger partial charge in [-0.3, -0.25) is 0 Å². The topological polar surface area (TPSA) is 72.3 Å². The number of halogens is 1. The summed E-state index contributed by atoms with van der Waals surface area (Å²) < 4.78 is 0. The highest BCUT2D eigenvalue weighted by Crippen LogP contribution is 2.31. The monoisotopic (exact) mass is 202 g/mol. The fourth-order valence-electron chi connectivity index (χ4n) is 1.30. The molecular weight excluding hydrogens is 188 g/mol. The van der Waals surface area contributed by atoms with Crippen LogP contribution in [0.4, 0.5) is 5.69 Å². The maximum absolute atomic E-state index is 9.54. The number of benzene rings is 1. The Labute approximate surface area is 84.2 Å². The highest BCUT2D eigenvalue weighted by molar-refractivity contribution is 5.85. The molecular formula is C9H15ClN2O. The molecule has 74 valence electrons. The zero-order chi connectivity index (χ0) is 9.30. The van der Waals surface area contributed by atoms with E-state index in [0.29, 0.717) is 5.69 Å². The number of phenolic OH excluding ortho intramolecular Hbond substituents is 1. The van der Waals surface area contributed by atoms with Crippen LogP contribution in [0.5, 0.6) is 5.75 Å². The third-order valence-corrected chi connectivity index (χ3v) is 1.92. The van der Waals surface area contributed by atoms with E-state index >= 15 is 0 Å². The molecule has 13 heavy (non-hydrogen) atoms. The normalized spacial score (nSPS) is 11.9. The van der Waals surface area contributed by atoms with Gasteiger partial charge in [0.25, 0.3) is 0 Å². The van der Waals surface area contributed by atoms with Crippen molar-refractivity contribution in [3.05, 3.63) is 23.3 Å². The zero-order valence-corrected chi connectivity index (χ0v) is 8.56. The van der Waals surface area contributed by atoms with Crippen LogP contribution < -0.4 is 11.5 Å². The van der Waals surface area contributed by atoms with Crippen LogP contribution in [0.25, 0.3) is 0 Å². The number of hydrogen-bond donors (Lipinski definition) is 3. The van der Waals surface area contributed by atoms with Crippen molar-refractivity contribution in [2.45, 2.75) is 19.9 Å². The number of nitrogens with two attached hydrogens (primary N) is 2. The number of rotatable bonds is 1. The molecule has 5 N–H and O–H groups in total. The minimum absolute atomic E-state index is 0. The second-order valence-corrected chi connectivity index (χ2v) is 3.02. The Hall–Kier alpha value is -0.930. The first-order valence-electron chi connectivity index (χ1n) is 3.87. The third kappa shape index (κ3) is 2.26. The van der Waals surface area contributed by atoms with E-state index in [2.05, 4.69) is 0 Å². The van der Waals surface area contributed by atoms with Crippen molar-refractivity contribution in [1.29, 1.82) is 0 Å². The van der Waals surface area contributed by atoms with Gasteiger partial charge in [-0.1, -0.05) is 6.07 Å². The van der Waals surface area contributed by atoms with Crippen molar-refractivity contribution in [3.63, 3.8) is 0 Å². The number of anilines is 1. The molecule has 4 heteroatoms. The van der Waals surface area contributed by atoms with Crippen LogP contribution in [-0.4, -0.2) is 5.11 Å². The highest BCUT2D eigenvalue weighted by Gasteiger charge is 2.11. The molecule has 0 amide bonds. The molecule has 0 unspecified atom stereocenters. The van der Waals surface area contributed by atoms with Gasteiger partial charge in [-0.25, -0.2) is 0 Å². The van der Waals surface area contributed by atoms with Gasteiger partial charge < -0.3 is 16.6 Å². The average Bonchev–Trinajstić information content (AvgIpc) is 1.97. The fraction of sp³-hybridized carbons (Fsp3) is 0.333. The van der Waals surface area contributed by atoms with Crippen LogP contribution in [0, 0.1) is 6.92 Å². The van der Waals surface area contributed by atoms with Gasteiger partial charge in [0.2, 0.25) is 0 Å². The minimum Gasteiger partial charge on any atom is -0.505 e. The highest BCUT2D eigenvalue weighted by atomic mass is 35.5. The number of aromatic hydroxyl groups is 1. The molecule has 0 saturated heterocycles. The van der Waals surface area contributed by atoms with Gasteiger partial charge in [0.15, 0.2) is 0 Å². The lowest BCUT2D eigenvalue weighted by Crippen LogP contribution is -2.08.